The van der Waals surface area contributed by atoms with E-state index >= 15 is 0 Å². The second-order valence-electron chi connectivity index (χ2n) is 7.92. The number of fused-ring (bicyclic) bond motifs is 1. The Balaban J connectivity index is 1.72. The van der Waals surface area contributed by atoms with Crippen molar-refractivity contribution in [1.82, 2.24) is 24.6 Å². The van der Waals surface area contributed by atoms with Crippen molar-refractivity contribution in [2.45, 2.75) is 20.0 Å². The van der Waals surface area contributed by atoms with Crippen LogP contribution in [0, 0.1) is 6.92 Å². The summed E-state index contributed by atoms with van der Waals surface area (Å²) >= 11 is 0. The molecule has 0 spiro atoms. The predicted molar refractivity (Wildman–Crippen MR) is 119 cm³/mol. The Morgan fingerprint density at radius 1 is 1.07 bits per heavy atom. The maximum atomic E-state index is 12.7. The van der Waals surface area contributed by atoms with Gasteiger partial charge in [0.05, 0.1) is 18.8 Å². The average molecular weight is 402 g/mol. The van der Waals surface area contributed by atoms with E-state index in [0.717, 1.165) is 34.6 Å². The van der Waals surface area contributed by atoms with Crippen LogP contribution in [0.1, 0.15) is 11.3 Å². The Bertz CT molecular complexity index is 1050. The molecular formula is C24H27N5O. The van der Waals surface area contributed by atoms with Crippen molar-refractivity contribution in [3.8, 4) is 22.4 Å². The number of aromatic nitrogens is 3. The highest BCUT2D eigenvalue weighted by atomic mass is 16.2. The van der Waals surface area contributed by atoms with Crippen molar-refractivity contribution < 1.29 is 4.79 Å². The lowest BCUT2D eigenvalue weighted by Gasteiger charge is -2.27. The number of amides is 1. The van der Waals surface area contributed by atoms with Gasteiger partial charge in [0.15, 0.2) is 0 Å². The van der Waals surface area contributed by atoms with E-state index in [9.17, 15) is 4.79 Å². The first-order valence-corrected chi connectivity index (χ1v) is 10.2. The number of rotatable bonds is 5. The molecule has 2 aromatic heterocycles. The molecule has 0 N–H and O–H groups in total. The normalized spacial score (nSPS) is 13.8. The lowest BCUT2D eigenvalue weighted by molar-refractivity contribution is -0.127. The van der Waals surface area contributed by atoms with Gasteiger partial charge in [0.25, 0.3) is 0 Å². The molecule has 1 aliphatic heterocycles. The second-order valence-corrected chi connectivity index (χ2v) is 7.92. The summed E-state index contributed by atoms with van der Waals surface area (Å²) in [5, 5.41) is 4.94. The summed E-state index contributed by atoms with van der Waals surface area (Å²) in [6.45, 7) is 4.72. The molecule has 0 aliphatic carbocycles. The van der Waals surface area contributed by atoms with Crippen molar-refractivity contribution in [3.05, 3.63) is 72.2 Å². The van der Waals surface area contributed by atoms with Crippen molar-refractivity contribution in [2.24, 2.45) is 0 Å². The highest BCUT2D eigenvalue weighted by molar-refractivity contribution is 5.88. The first-order valence-electron chi connectivity index (χ1n) is 10.2. The highest BCUT2D eigenvalue weighted by Gasteiger charge is 2.27. The smallest absolute Gasteiger partial charge is 0.246 e. The van der Waals surface area contributed by atoms with E-state index in [4.69, 9.17) is 5.10 Å². The van der Waals surface area contributed by atoms with Gasteiger partial charge in [-0.15, -0.1) is 0 Å². The Hall–Kier alpha value is -3.25. The minimum absolute atomic E-state index is 0.0434. The number of carbonyl (C=O) groups excluding carboxylic acids is 1. The molecule has 0 saturated heterocycles. The molecular weight excluding hydrogens is 374 g/mol. The standard InChI is InChI=1S/C24H27N5O/c1-18-6-8-20(9-7-18)24-23(19-10-12-25-13-11-19)21-17-28(15-16-29(21)26-24)22(30)5-4-14-27(2)3/h4-13H,14-17H2,1-3H3/b5-4+. The summed E-state index contributed by atoms with van der Waals surface area (Å²) in [5.41, 5.74) is 6.47. The molecule has 0 saturated carbocycles. The van der Waals surface area contributed by atoms with Gasteiger partial charge >= 0.3 is 0 Å². The largest absolute Gasteiger partial charge is 0.331 e. The van der Waals surface area contributed by atoms with Gasteiger partial charge in [0.2, 0.25) is 5.91 Å². The Morgan fingerprint density at radius 2 is 1.80 bits per heavy atom. The van der Waals surface area contributed by atoms with Crippen LogP contribution in [0.2, 0.25) is 0 Å². The molecule has 0 radical (unpaired) electrons. The predicted octanol–water partition coefficient (Wildman–Crippen LogP) is 3.38. The molecule has 3 aromatic rings. The van der Waals surface area contributed by atoms with Crippen LogP contribution in [-0.2, 0) is 17.9 Å². The van der Waals surface area contributed by atoms with E-state index in [1.54, 1.807) is 18.5 Å². The molecule has 154 valence electrons. The van der Waals surface area contributed by atoms with Gasteiger partial charge in [-0.3, -0.25) is 14.5 Å². The minimum atomic E-state index is 0.0434. The fourth-order valence-corrected chi connectivity index (χ4v) is 3.71. The van der Waals surface area contributed by atoms with Crippen LogP contribution >= 0.6 is 0 Å². The van der Waals surface area contributed by atoms with E-state index in [-0.39, 0.29) is 5.91 Å². The van der Waals surface area contributed by atoms with E-state index in [1.165, 1.54) is 5.56 Å². The quantitative estimate of drug-likeness (QED) is 0.615. The number of carbonyl (C=O) groups is 1. The van der Waals surface area contributed by atoms with Gasteiger partial charge in [-0.1, -0.05) is 35.9 Å². The summed E-state index contributed by atoms with van der Waals surface area (Å²) in [6.07, 6.45) is 7.19. The van der Waals surface area contributed by atoms with Crippen molar-refractivity contribution in [2.75, 3.05) is 27.2 Å². The zero-order valence-corrected chi connectivity index (χ0v) is 17.7. The molecule has 3 heterocycles. The van der Waals surface area contributed by atoms with Gasteiger partial charge in [0.1, 0.15) is 5.69 Å². The maximum absolute atomic E-state index is 12.7. The summed E-state index contributed by atoms with van der Waals surface area (Å²) in [5.74, 6) is 0.0434. The zero-order valence-electron chi connectivity index (χ0n) is 17.7. The summed E-state index contributed by atoms with van der Waals surface area (Å²) in [6, 6.07) is 12.5. The third kappa shape index (κ3) is 4.19. The number of nitrogens with zero attached hydrogens (tertiary/aromatic N) is 5. The van der Waals surface area contributed by atoms with E-state index < -0.39 is 0 Å². The van der Waals surface area contributed by atoms with Gasteiger partial charge < -0.3 is 9.80 Å². The molecule has 0 unspecified atom stereocenters. The Labute approximate surface area is 177 Å². The van der Waals surface area contributed by atoms with Crippen LogP contribution in [0.3, 0.4) is 0 Å². The fourth-order valence-electron chi connectivity index (χ4n) is 3.71. The number of benzene rings is 1. The van der Waals surface area contributed by atoms with Gasteiger partial charge in [-0.25, -0.2) is 0 Å². The molecule has 1 aromatic carbocycles. The SMILES string of the molecule is Cc1ccc(-c2nn3c(c2-c2ccncc2)CN(C(=O)/C=C/CN(C)C)CC3)cc1. The Morgan fingerprint density at radius 3 is 2.50 bits per heavy atom. The van der Waals surface area contributed by atoms with E-state index in [0.29, 0.717) is 19.6 Å². The molecule has 0 bridgehead atoms. The zero-order chi connectivity index (χ0) is 21.1. The number of hydrogen-bond donors (Lipinski definition) is 0. The summed E-state index contributed by atoms with van der Waals surface area (Å²) < 4.78 is 2.05. The molecule has 1 amide bonds. The highest BCUT2D eigenvalue weighted by Crippen LogP contribution is 2.36. The van der Waals surface area contributed by atoms with Crippen molar-refractivity contribution in [3.63, 3.8) is 0 Å². The molecule has 30 heavy (non-hydrogen) atoms. The minimum Gasteiger partial charge on any atom is -0.331 e. The third-order valence-electron chi connectivity index (χ3n) is 5.32. The molecule has 0 atom stereocenters. The van der Waals surface area contributed by atoms with Crippen molar-refractivity contribution in [1.29, 1.82) is 0 Å². The second kappa shape index (κ2) is 8.63. The molecule has 4 rings (SSSR count). The van der Waals surface area contributed by atoms with Crippen LogP contribution < -0.4 is 0 Å². The van der Waals surface area contributed by atoms with Gasteiger partial charge in [-0.2, -0.15) is 5.10 Å². The van der Waals surface area contributed by atoms with Crippen LogP contribution in [0.4, 0.5) is 0 Å². The van der Waals surface area contributed by atoms with Crippen LogP contribution in [0.25, 0.3) is 22.4 Å². The van der Waals surface area contributed by atoms with Crippen LogP contribution in [-0.4, -0.2) is 57.7 Å². The molecule has 6 nitrogen and oxygen atoms in total. The Kier molecular flexibility index (Phi) is 5.77. The van der Waals surface area contributed by atoms with Crippen molar-refractivity contribution >= 4 is 5.91 Å². The number of pyridine rings is 1. The lowest BCUT2D eigenvalue weighted by Crippen LogP contribution is -2.37. The number of aryl methyl sites for hydroxylation is 1. The first-order chi connectivity index (χ1) is 14.5. The van der Waals surface area contributed by atoms with Crippen LogP contribution in [0.15, 0.2) is 60.9 Å². The van der Waals surface area contributed by atoms with E-state index in [1.807, 2.05) is 42.1 Å². The lowest BCUT2D eigenvalue weighted by atomic mass is 9.98. The van der Waals surface area contributed by atoms with E-state index in [2.05, 4.69) is 40.9 Å². The molecule has 0 fully saturated rings. The number of hydrogen-bond acceptors (Lipinski definition) is 4. The molecule has 6 heteroatoms. The number of likely N-dealkylation sites (N-methyl/N-ethyl adjacent to an activating group) is 1. The summed E-state index contributed by atoms with van der Waals surface area (Å²) in [4.78, 5) is 20.8. The monoisotopic (exact) mass is 401 g/mol. The first kappa shape index (κ1) is 20.0. The molecule has 1 aliphatic rings. The third-order valence-corrected chi connectivity index (χ3v) is 5.32. The average Bonchev–Trinajstić information content (AvgIpc) is 3.13. The fraction of sp³-hybridized carbons (Fsp3) is 0.292. The van der Waals surface area contributed by atoms with Gasteiger partial charge in [-0.05, 0) is 38.7 Å². The maximum Gasteiger partial charge on any atom is 0.246 e. The summed E-state index contributed by atoms with van der Waals surface area (Å²) in [7, 11) is 3.98. The van der Waals surface area contributed by atoms with Crippen LogP contribution in [0.5, 0.6) is 0 Å². The topological polar surface area (TPSA) is 54.3 Å². The van der Waals surface area contributed by atoms with Gasteiger partial charge in [0, 0.05) is 42.7 Å².